The molecule has 1 fully saturated rings. The van der Waals surface area contributed by atoms with E-state index in [9.17, 15) is 9.59 Å². The van der Waals surface area contributed by atoms with Crippen molar-refractivity contribution >= 4 is 58.1 Å². The smallest absolute Gasteiger partial charge is 0.326 e. The van der Waals surface area contributed by atoms with Gasteiger partial charge < -0.3 is 20.1 Å². The minimum atomic E-state index is -2.11. The number of carbonyl (C=O) groups is 2. The lowest BCUT2D eigenvalue weighted by atomic mass is 9.79. The predicted octanol–water partition coefficient (Wildman–Crippen LogP) is 7.01. The third-order valence-corrected chi connectivity index (χ3v) is 8.64. The number of nitrogens with zero attached hydrogens (tertiary/aromatic N) is 2. The third-order valence-electron chi connectivity index (χ3n) is 8.12. The molecule has 3 aromatic carbocycles. The Bertz CT molecular complexity index is 1480. The summed E-state index contributed by atoms with van der Waals surface area (Å²) in [6.45, 7) is 4.85. The number of carbonyl (C=O) groups excluding carboxylic acids is 2. The summed E-state index contributed by atoms with van der Waals surface area (Å²) in [6.07, 6.45) is 4.72. The van der Waals surface area contributed by atoms with Crippen LogP contribution < -0.4 is 20.3 Å². The monoisotopic (exact) mass is 684 g/mol. The highest BCUT2D eigenvalue weighted by molar-refractivity contribution is 6.76. The average Bonchev–Trinajstić information content (AvgIpc) is 3.05. The molecule has 8 nitrogen and oxygen atoms in total. The van der Waals surface area contributed by atoms with E-state index in [2.05, 4.69) is 15.5 Å². The van der Waals surface area contributed by atoms with Gasteiger partial charge in [-0.1, -0.05) is 101 Å². The van der Waals surface area contributed by atoms with Crippen LogP contribution in [0.3, 0.4) is 0 Å². The number of hydrogen-bond acceptors (Lipinski definition) is 5. The van der Waals surface area contributed by atoms with Gasteiger partial charge in [-0.05, 0) is 55.5 Å². The largest absolute Gasteiger partial charge is 0.492 e. The van der Waals surface area contributed by atoms with Crippen molar-refractivity contribution in [2.75, 3.05) is 56.2 Å². The lowest BCUT2D eigenvalue weighted by Crippen LogP contribution is -2.53. The molecular formula is C35H39Cl3N4O4. The minimum Gasteiger partial charge on any atom is -0.492 e. The van der Waals surface area contributed by atoms with Gasteiger partial charge in [-0.2, -0.15) is 0 Å². The van der Waals surface area contributed by atoms with Gasteiger partial charge in [0.15, 0.2) is 0 Å². The van der Waals surface area contributed by atoms with Crippen LogP contribution in [-0.2, 0) is 16.0 Å². The van der Waals surface area contributed by atoms with Crippen LogP contribution in [0.1, 0.15) is 24.8 Å². The number of amides is 3. The molecule has 0 bridgehead atoms. The molecule has 1 aliphatic carbocycles. The molecule has 1 saturated heterocycles. The molecule has 1 aliphatic heterocycles. The van der Waals surface area contributed by atoms with Crippen molar-refractivity contribution in [2.45, 2.75) is 35.0 Å². The van der Waals surface area contributed by atoms with Crippen molar-refractivity contribution in [3.8, 4) is 5.75 Å². The van der Waals surface area contributed by atoms with Gasteiger partial charge in [0.1, 0.15) is 12.4 Å². The van der Waals surface area contributed by atoms with E-state index in [-0.39, 0.29) is 12.6 Å². The van der Waals surface area contributed by atoms with Crippen LogP contribution in [0.2, 0.25) is 0 Å². The van der Waals surface area contributed by atoms with Gasteiger partial charge in [-0.25, -0.2) is 4.79 Å². The standard InChI is InChI=1S/C35H39Cl3N4O4/c36-35(37,38)32(43)40-34(24-27-9-3-1-4-10-27)16-8-11-28(25-34)26-42(33(44)39-29-12-5-2-6-13-29)30-14-7-15-31(23-30)46-22-19-41-17-20-45-21-18-41/h1-7,9-10,12-15,23,25H,8,11,16-22,24,26H2,(H,39,44)(H,40,43). The Morgan fingerprint density at radius 3 is 2.39 bits per heavy atom. The lowest BCUT2D eigenvalue weighted by molar-refractivity contribution is -0.121. The Morgan fingerprint density at radius 1 is 0.957 bits per heavy atom. The maximum Gasteiger partial charge on any atom is 0.326 e. The van der Waals surface area contributed by atoms with Gasteiger partial charge in [-0.15, -0.1) is 0 Å². The van der Waals surface area contributed by atoms with Crippen LogP contribution in [0.25, 0.3) is 0 Å². The van der Waals surface area contributed by atoms with Crippen LogP contribution >= 0.6 is 34.8 Å². The molecule has 2 aliphatic rings. The second kappa shape index (κ2) is 16.0. The molecule has 3 amide bonds. The highest BCUT2D eigenvalue weighted by Crippen LogP contribution is 2.34. The fourth-order valence-corrected chi connectivity index (χ4v) is 6.03. The summed E-state index contributed by atoms with van der Waals surface area (Å²) in [5.41, 5.74) is 2.57. The molecule has 0 aromatic heterocycles. The Morgan fingerprint density at radius 2 is 1.67 bits per heavy atom. The van der Waals surface area contributed by atoms with Crippen LogP contribution in [0.5, 0.6) is 5.75 Å². The molecule has 5 rings (SSSR count). The normalized spacial score (nSPS) is 18.7. The first kappa shape index (κ1) is 34.1. The van der Waals surface area contributed by atoms with Crippen molar-refractivity contribution in [2.24, 2.45) is 0 Å². The number of nitrogens with one attached hydrogen (secondary N) is 2. The van der Waals surface area contributed by atoms with E-state index in [0.29, 0.717) is 36.6 Å². The summed E-state index contributed by atoms with van der Waals surface area (Å²) in [7, 11) is 0. The molecule has 11 heteroatoms. The first-order valence-corrected chi connectivity index (χ1v) is 16.6. The summed E-state index contributed by atoms with van der Waals surface area (Å²) < 4.78 is 9.45. The number of halogens is 3. The summed E-state index contributed by atoms with van der Waals surface area (Å²) in [4.78, 5) is 30.9. The van der Waals surface area contributed by atoms with Crippen LogP contribution in [0.4, 0.5) is 16.2 Å². The van der Waals surface area contributed by atoms with E-state index in [1.54, 1.807) is 4.90 Å². The maximum atomic E-state index is 13.9. The molecule has 0 saturated carbocycles. The first-order chi connectivity index (χ1) is 22.2. The van der Waals surface area contributed by atoms with Crippen molar-refractivity contribution in [3.63, 3.8) is 0 Å². The fraction of sp³-hybridized carbons (Fsp3) is 0.371. The van der Waals surface area contributed by atoms with Gasteiger partial charge in [0.05, 0.1) is 18.8 Å². The van der Waals surface area contributed by atoms with Crippen LogP contribution in [0.15, 0.2) is 96.6 Å². The summed E-state index contributed by atoms with van der Waals surface area (Å²) in [5.74, 6) is -0.0132. The molecule has 0 spiro atoms. The fourth-order valence-electron chi connectivity index (χ4n) is 5.88. The number of benzene rings is 3. The van der Waals surface area contributed by atoms with E-state index in [4.69, 9.17) is 44.3 Å². The summed E-state index contributed by atoms with van der Waals surface area (Å²) in [5, 5.41) is 6.06. The third kappa shape index (κ3) is 9.86. The highest BCUT2D eigenvalue weighted by Gasteiger charge is 2.39. The number of alkyl halides is 3. The number of hydrogen-bond donors (Lipinski definition) is 2. The first-order valence-electron chi connectivity index (χ1n) is 15.5. The molecule has 46 heavy (non-hydrogen) atoms. The van der Waals surface area contributed by atoms with Crippen molar-refractivity contribution in [1.29, 1.82) is 0 Å². The number of morpholine rings is 1. The highest BCUT2D eigenvalue weighted by atomic mass is 35.6. The number of ether oxygens (including phenoxy) is 2. The molecule has 1 atom stereocenters. The quantitative estimate of drug-likeness (QED) is 0.168. The van der Waals surface area contributed by atoms with Gasteiger partial charge in [0.25, 0.3) is 9.70 Å². The van der Waals surface area contributed by atoms with Gasteiger partial charge in [-0.3, -0.25) is 14.6 Å². The average molecular weight is 686 g/mol. The molecule has 3 aromatic rings. The van der Waals surface area contributed by atoms with Gasteiger partial charge in [0, 0.05) is 43.6 Å². The molecule has 2 N–H and O–H groups in total. The SMILES string of the molecule is O=C(Nc1ccccc1)N(CC1=CC(Cc2ccccc2)(NC(=O)C(Cl)(Cl)Cl)CCC1)c1cccc(OCCN2CCOCC2)c1. The van der Waals surface area contributed by atoms with E-state index < -0.39 is 15.2 Å². The second-order valence-corrected chi connectivity index (χ2v) is 13.9. The Balaban J connectivity index is 1.41. The van der Waals surface area contributed by atoms with E-state index >= 15 is 0 Å². The Labute approximate surface area is 285 Å². The Kier molecular flexibility index (Phi) is 11.9. The molecule has 0 radical (unpaired) electrons. The summed E-state index contributed by atoms with van der Waals surface area (Å²) >= 11 is 18.0. The van der Waals surface area contributed by atoms with Crippen LogP contribution in [-0.4, -0.2) is 72.2 Å². The predicted molar refractivity (Wildman–Crippen MR) is 185 cm³/mol. The second-order valence-electron chi connectivity index (χ2n) is 11.6. The molecule has 1 unspecified atom stereocenters. The minimum absolute atomic E-state index is 0.288. The van der Waals surface area contributed by atoms with Crippen molar-refractivity contribution < 1.29 is 19.1 Å². The molecule has 1 heterocycles. The lowest BCUT2D eigenvalue weighted by Gasteiger charge is -2.38. The number of urea groups is 1. The van der Waals surface area contributed by atoms with Crippen LogP contribution in [0, 0.1) is 0 Å². The topological polar surface area (TPSA) is 83.1 Å². The zero-order valence-electron chi connectivity index (χ0n) is 25.6. The van der Waals surface area contributed by atoms with Crippen molar-refractivity contribution in [3.05, 3.63) is 102 Å². The molecular weight excluding hydrogens is 647 g/mol. The van der Waals surface area contributed by atoms with E-state index in [1.165, 1.54) is 0 Å². The van der Waals surface area contributed by atoms with Gasteiger partial charge in [0.2, 0.25) is 0 Å². The summed E-state index contributed by atoms with van der Waals surface area (Å²) in [6, 6.07) is 26.5. The van der Waals surface area contributed by atoms with Gasteiger partial charge >= 0.3 is 6.03 Å². The zero-order valence-corrected chi connectivity index (χ0v) is 27.9. The van der Waals surface area contributed by atoms with Crippen molar-refractivity contribution in [1.82, 2.24) is 10.2 Å². The number of anilines is 2. The van der Waals surface area contributed by atoms with E-state index in [0.717, 1.165) is 56.8 Å². The number of rotatable bonds is 11. The van der Waals surface area contributed by atoms with E-state index in [1.807, 2.05) is 91.0 Å². The molecule has 244 valence electrons. The Hall–Kier alpha value is -3.27. The zero-order chi connectivity index (χ0) is 32.4. The maximum absolute atomic E-state index is 13.9. The number of para-hydroxylation sites is 1.